The molecule has 0 aliphatic carbocycles. The monoisotopic (exact) mass is 404 g/mol. The first-order valence-corrected chi connectivity index (χ1v) is 12.3. The summed E-state index contributed by atoms with van der Waals surface area (Å²) in [6.45, 7) is 15.1. The van der Waals surface area contributed by atoms with Crippen LogP contribution < -0.4 is 0 Å². The van der Waals surface area contributed by atoms with Crippen LogP contribution in [0.1, 0.15) is 27.2 Å². The van der Waals surface area contributed by atoms with Crippen LogP contribution in [0.3, 0.4) is 0 Å². The SMILES string of the molecule is C=CC(=O)[O][Zr](=[O])([O]OCCC(C)(C)C)([C](=O)C=C)[C](=O)C=C. The molecule has 0 saturated heterocycles. The van der Waals surface area contributed by atoms with Gasteiger partial charge in [0.2, 0.25) is 0 Å². The van der Waals surface area contributed by atoms with Gasteiger partial charge in [0.05, 0.1) is 0 Å². The van der Waals surface area contributed by atoms with Crippen LogP contribution in [0, 0.1) is 5.41 Å². The van der Waals surface area contributed by atoms with Crippen molar-refractivity contribution in [1.82, 2.24) is 0 Å². The third kappa shape index (κ3) is 5.34. The van der Waals surface area contributed by atoms with Gasteiger partial charge in [-0.2, -0.15) is 0 Å². The molecule has 0 spiro atoms. The molecule has 0 aromatic rings. The number of rotatable bonds is 10. The molecule has 23 heavy (non-hydrogen) atoms. The Balaban J connectivity index is 5.71. The molecule has 7 nitrogen and oxygen atoms in total. The molecule has 0 atom stereocenters. The summed E-state index contributed by atoms with van der Waals surface area (Å²) in [5, 5.41) is 0. The minimum atomic E-state index is -7.16. The van der Waals surface area contributed by atoms with Gasteiger partial charge in [-0.1, -0.05) is 0 Å². The van der Waals surface area contributed by atoms with Crippen LogP contribution in [0.5, 0.6) is 0 Å². The first-order valence-electron chi connectivity index (χ1n) is 6.83. The van der Waals surface area contributed by atoms with E-state index in [0.29, 0.717) is 24.6 Å². The van der Waals surface area contributed by atoms with E-state index in [1.54, 1.807) is 0 Å². The fourth-order valence-corrected chi connectivity index (χ4v) is 6.54. The molecule has 0 aromatic heterocycles. The molecule has 0 amide bonds. The van der Waals surface area contributed by atoms with Crippen LogP contribution in [-0.4, -0.2) is 19.6 Å². The van der Waals surface area contributed by atoms with Crippen LogP contribution in [0.2, 0.25) is 0 Å². The average Bonchev–Trinajstić information content (AvgIpc) is 2.48. The molecule has 0 aliphatic heterocycles. The number of allylic oxidation sites excluding steroid dienone is 2. The Morgan fingerprint density at radius 3 is 1.83 bits per heavy atom. The fraction of sp³-hybridized carbons (Fsp3) is 0.400. The molecule has 0 heterocycles. The van der Waals surface area contributed by atoms with Gasteiger partial charge in [-0.3, -0.25) is 0 Å². The van der Waals surface area contributed by atoms with Gasteiger partial charge < -0.3 is 0 Å². The minimum absolute atomic E-state index is 0.0734. The number of carbonyl (C=O) groups is 3. The number of hydrogen-bond donors (Lipinski definition) is 0. The Kier molecular flexibility index (Phi) is 7.48. The van der Waals surface area contributed by atoms with Crippen molar-refractivity contribution in [3.63, 3.8) is 0 Å². The van der Waals surface area contributed by atoms with E-state index in [1.807, 2.05) is 20.8 Å². The summed E-state index contributed by atoms with van der Waals surface area (Å²) < 4.78 is 19.8. The van der Waals surface area contributed by atoms with Gasteiger partial charge in [0.1, 0.15) is 0 Å². The van der Waals surface area contributed by atoms with Crippen LogP contribution in [-0.2, 0) is 47.5 Å². The molecule has 0 radical (unpaired) electrons. The van der Waals surface area contributed by atoms with E-state index in [9.17, 15) is 17.2 Å². The van der Waals surface area contributed by atoms with E-state index in [1.165, 1.54) is 0 Å². The van der Waals surface area contributed by atoms with Crippen molar-refractivity contribution in [3.05, 3.63) is 38.0 Å². The van der Waals surface area contributed by atoms with Crippen molar-refractivity contribution in [1.29, 1.82) is 0 Å². The number of carbonyl (C=O) groups excluding carboxylic acids is 3. The Bertz CT molecular complexity index is 571. The third-order valence-corrected chi connectivity index (χ3v) is 10.4. The van der Waals surface area contributed by atoms with Crippen LogP contribution in [0.4, 0.5) is 0 Å². The first kappa shape index (κ1) is 21.6. The molecule has 0 rings (SSSR count). The van der Waals surface area contributed by atoms with Crippen molar-refractivity contribution in [3.8, 4) is 0 Å². The maximum atomic E-state index is 13.2. The summed E-state index contributed by atoms with van der Waals surface area (Å²) in [6, 6.07) is 0. The predicted octanol–water partition coefficient (Wildman–Crippen LogP) is 2.39. The summed E-state index contributed by atoms with van der Waals surface area (Å²) in [5.41, 5.74) is -0.139. The second-order valence-corrected chi connectivity index (χ2v) is 14.2. The zero-order valence-corrected chi connectivity index (χ0v) is 16.1. The fourth-order valence-electron chi connectivity index (χ4n) is 1.39. The topological polar surface area (TPSA) is 96.0 Å². The molecule has 0 N–H and O–H groups in total. The molecule has 0 fully saturated rings. The van der Waals surface area contributed by atoms with Crippen LogP contribution in [0.15, 0.2) is 38.0 Å². The Hall–Kier alpha value is -1.37. The summed E-state index contributed by atoms with van der Waals surface area (Å²) in [5.74, 6) is -1.25. The quantitative estimate of drug-likeness (QED) is 0.238. The van der Waals surface area contributed by atoms with E-state index < -0.39 is 32.6 Å². The van der Waals surface area contributed by atoms with Crippen molar-refractivity contribution in [2.24, 2.45) is 5.41 Å². The summed E-state index contributed by atoms with van der Waals surface area (Å²) in [4.78, 5) is 40.4. The van der Waals surface area contributed by atoms with E-state index in [4.69, 9.17) is 7.85 Å². The molecule has 0 aliphatic rings. The van der Waals surface area contributed by atoms with Gasteiger partial charge >= 0.3 is 138 Å². The van der Waals surface area contributed by atoms with Gasteiger partial charge in [-0.05, 0) is 0 Å². The Morgan fingerprint density at radius 1 is 1.00 bits per heavy atom. The molecule has 0 saturated carbocycles. The normalized spacial score (nSPS) is 12.2. The van der Waals surface area contributed by atoms with Crippen molar-refractivity contribution >= 4 is 13.0 Å². The predicted molar refractivity (Wildman–Crippen MR) is 78.5 cm³/mol. The van der Waals surface area contributed by atoms with E-state index in [2.05, 4.69) is 22.5 Å². The molecule has 128 valence electrons. The molecule has 8 heteroatoms. The van der Waals surface area contributed by atoms with E-state index in [-0.39, 0.29) is 12.0 Å². The van der Waals surface area contributed by atoms with Gasteiger partial charge in [-0.15, -0.1) is 0 Å². The van der Waals surface area contributed by atoms with E-state index in [0.717, 1.165) is 0 Å². The van der Waals surface area contributed by atoms with E-state index >= 15 is 0 Å². The second-order valence-electron chi connectivity index (χ2n) is 5.97. The summed E-state index contributed by atoms with van der Waals surface area (Å²) in [6.07, 6.45) is 2.29. The molecule has 0 bridgehead atoms. The molecule has 0 aromatic carbocycles. The third-order valence-electron chi connectivity index (χ3n) is 2.82. The molecular formula is C15H22O7Zr. The van der Waals surface area contributed by atoms with Crippen molar-refractivity contribution < 1.29 is 47.5 Å². The first-order chi connectivity index (χ1) is 10.4. The van der Waals surface area contributed by atoms with Gasteiger partial charge in [0.15, 0.2) is 0 Å². The van der Waals surface area contributed by atoms with Crippen molar-refractivity contribution in [2.45, 2.75) is 27.2 Å². The zero-order valence-electron chi connectivity index (χ0n) is 13.6. The Morgan fingerprint density at radius 2 is 1.48 bits per heavy atom. The van der Waals surface area contributed by atoms with Gasteiger partial charge in [-0.25, -0.2) is 0 Å². The van der Waals surface area contributed by atoms with Gasteiger partial charge in [0.25, 0.3) is 0 Å². The standard InChI is InChI=1S/C6H14O2.C3H4O2.2C3H3O.O.Zr/c1-6(2,3)4-5-8-7;1-2-3(4)5;2*1-2-3-4;;/h7H,4-5H2,1-3H3;2H,1H2,(H,4,5);2*2H,1H2;;/q;;;;;+2/p-2. The Labute approximate surface area is 137 Å². The average molecular weight is 406 g/mol. The van der Waals surface area contributed by atoms with Gasteiger partial charge in [0, 0.05) is 0 Å². The van der Waals surface area contributed by atoms with Crippen molar-refractivity contribution in [2.75, 3.05) is 6.61 Å². The molecule has 0 unspecified atom stereocenters. The van der Waals surface area contributed by atoms with Crippen LogP contribution in [0.25, 0.3) is 0 Å². The number of hydrogen-bond acceptors (Lipinski definition) is 7. The maximum absolute atomic E-state index is 13.2. The second kappa shape index (κ2) is 7.95. The zero-order chi connectivity index (χ0) is 18.3. The molecular weight excluding hydrogens is 383 g/mol. The van der Waals surface area contributed by atoms with Crippen LogP contribution >= 0.6 is 0 Å². The summed E-state index contributed by atoms with van der Waals surface area (Å²) >= 11 is -7.16. The summed E-state index contributed by atoms with van der Waals surface area (Å²) in [7, 11) is 0.